The second kappa shape index (κ2) is 7.97. The number of hydrogen-bond donors (Lipinski definition) is 0. The zero-order valence-electron chi connectivity index (χ0n) is 9.10. The molecule has 1 unspecified atom stereocenters. The molecule has 0 N–H and O–H groups in total. The van der Waals surface area contributed by atoms with Crippen LogP contribution in [0.15, 0.2) is 0 Å². The average molecular weight is 188 g/mol. The second-order valence-corrected chi connectivity index (χ2v) is 5.37. The first kappa shape index (κ1) is 12.3. The Morgan fingerprint density at radius 1 is 1.00 bits per heavy atom. The van der Waals surface area contributed by atoms with Crippen molar-refractivity contribution in [3.8, 4) is 0 Å². The van der Waals surface area contributed by atoms with E-state index in [1.54, 1.807) is 0 Å². The number of unbranched alkanes of at least 4 members (excludes halogenated alkanes) is 3. The third kappa shape index (κ3) is 7.02. The molecule has 0 rings (SSSR count). The minimum Gasteiger partial charge on any atom is -0.159 e. The van der Waals surface area contributed by atoms with E-state index in [1.807, 2.05) is 0 Å². The van der Waals surface area contributed by atoms with E-state index in [1.165, 1.54) is 31.4 Å². The van der Waals surface area contributed by atoms with Crippen LogP contribution in [-0.2, 0) is 0 Å². The van der Waals surface area contributed by atoms with Crippen LogP contribution in [0.5, 0.6) is 0 Å². The molecule has 1 heteroatoms. The normalized spacial score (nSPS) is 13.8. The summed E-state index contributed by atoms with van der Waals surface area (Å²) in [5.41, 5.74) is 0. The van der Waals surface area contributed by atoms with Crippen LogP contribution in [0.3, 0.4) is 0 Å². The standard InChI is InChI=1S/C11H24S/c1-5-6-7-8-9-12-11(4)10(2)3/h10-11H,5-9H2,1-4H3. The lowest BCUT2D eigenvalue weighted by atomic mass is 10.2. The Kier molecular flexibility index (Phi) is 8.20. The highest BCUT2D eigenvalue weighted by Crippen LogP contribution is 2.20. The summed E-state index contributed by atoms with van der Waals surface area (Å²) in [6.45, 7) is 9.23. The van der Waals surface area contributed by atoms with Crippen molar-refractivity contribution >= 4 is 11.8 Å². The first-order valence-electron chi connectivity index (χ1n) is 5.30. The van der Waals surface area contributed by atoms with Gasteiger partial charge >= 0.3 is 0 Å². The minimum atomic E-state index is 0.834. The molecule has 0 bridgehead atoms. The summed E-state index contributed by atoms with van der Waals surface area (Å²) < 4.78 is 0. The van der Waals surface area contributed by atoms with Crippen LogP contribution in [0.1, 0.15) is 53.4 Å². The highest BCUT2D eigenvalue weighted by molar-refractivity contribution is 7.99. The molecule has 12 heavy (non-hydrogen) atoms. The Bertz CT molecular complexity index is 89.0. The molecule has 0 nitrogen and oxygen atoms in total. The van der Waals surface area contributed by atoms with Gasteiger partial charge in [-0.1, -0.05) is 47.0 Å². The van der Waals surface area contributed by atoms with Gasteiger partial charge < -0.3 is 0 Å². The van der Waals surface area contributed by atoms with Crippen LogP contribution >= 0.6 is 11.8 Å². The lowest BCUT2D eigenvalue weighted by Gasteiger charge is -2.14. The van der Waals surface area contributed by atoms with Crippen molar-refractivity contribution in [3.63, 3.8) is 0 Å². The zero-order valence-corrected chi connectivity index (χ0v) is 9.91. The van der Waals surface area contributed by atoms with Crippen molar-refractivity contribution in [1.29, 1.82) is 0 Å². The predicted molar refractivity (Wildman–Crippen MR) is 60.9 cm³/mol. The molecule has 0 radical (unpaired) electrons. The molecule has 0 aliphatic heterocycles. The molecule has 0 aliphatic carbocycles. The van der Waals surface area contributed by atoms with E-state index in [4.69, 9.17) is 0 Å². The Balaban J connectivity index is 3.08. The maximum absolute atomic E-state index is 2.34. The fraction of sp³-hybridized carbons (Fsp3) is 1.00. The topological polar surface area (TPSA) is 0 Å². The van der Waals surface area contributed by atoms with E-state index in [0.717, 1.165) is 11.2 Å². The molecular formula is C11H24S. The molecule has 0 aromatic carbocycles. The van der Waals surface area contributed by atoms with Gasteiger partial charge in [-0.15, -0.1) is 0 Å². The molecule has 1 atom stereocenters. The fourth-order valence-corrected chi connectivity index (χ4v) is 2.12. The van der Waals surface area contributed by atoms with Gasteiger partial charge in [0, 0.05) is 5.25 Å². The molecule has 74 valence electrons. The van der Waals surface area contributed by atoms with E-state index in [9.17, 15) is 0 Å². The molecule has 0 heterocycles. The maximum Gasteiger partial charge on any atom is 0.00417 e. The molecule has 0 saturated carbocycles. The lowest BCUT2D eigenvalue weighted by molar-refractivity contribution is 0.639. The van der Waals surface area contributed by atoms with Gasteiger partial charge in [0.25, 0.3) is 0 Å². The van der Waals surface area contributed by atoms with Gasteiger partial charge in [-0.25, -0.2) is 0 Å². The molecule has 0 fully saturated rings. The van der Waals surface area contributed by atoms with E-state index in [-0.39, 0.29) is 0 Å². The van der Waals surface area contributed by atoms with Gasteiger partial charge in [0.05, 0.1) is 0 Å². The highest BCUT2D eigenvalue weighted by atomic mass is 32.2. The summed E-state index contributed by atoms with van der Waals surface area (Å²) in [5, 5.41) is 0.839. The van der Waals surface area contributed by atoms with Gasteiger partial charge in [-0.2, -0.15) is 11.8 Å². The number of hydrogen-bond acceptors (Lipinski definition) is 1. The Hall–Kier alpha value is 0.350. The van der Waals surface area contributed by atoms with Crippen molar-refractivity contribution in [1.82, 2.24) is 0 Å². The fourth-order valence-electron chi connectivity index (χ4n) is 0.991. The molecule has 0 aromatic heterocycles. The summed E-state index contributed by atoms with van der Waals surface area (Å²) >= 11 is 2.13. The SMILES string of the molecule is CCCCCCSC(C)C(C)C. The summed E-state index contributed by atoms with van der Waals surface area (Å²) in [5.74, 6) is 2.19. The molecule has 0 saturated heterocycles. The van der Waals surface area contributed by atoms with Crippen molar-refractivity contribution in [3.05, 3.63) is 0 Å². The molecule has 0 aliphatic rings. The van der Waals surface area contributed by atoms with E-state index >= 15 is 0 Å². The minimum absolute atomic E-state index is 0.834. The lowest BCUT2D eigenvalue weighted by Crippen LogP contribution is -2.06. The highest BCUT2D eigenvalue weighted by Gasteiger charge is 2.05. The molecule has 0 aromatic rings. The monoisotopic (exact) mass is 188 g/mol. The first-order valence-corrected chi connectivity index (χ1v) is 6.35. The van der Waals surface area contributed by atoms with Crippen LogP contribution in [0, 0.1) is 5.92 Å². The zero-order chi connectivity index (χ0) is 9.40. The molecular weight excluding hydrogens is 164 g/mol. The van der Waals surface area contributed by atoms with Crippen molar-refractivity contribution in [2.24, 2.45) is 5.92 Å². The number of rotatable bonds is 7. The Morgan fingerprint density at radius 3 is 2.17 bits per heavy atom. The van der Waals surface area contributed by atoms with Gasteiger partial charge in [0.1, 0.15) is 0 Å². The van der Waals surface area contributed by atoms with Crippen LogP contribution in [0.2, 0.25) is 0 Å². The number of thioether (sulfide) groups is 1. The summed E-state index contributed by atoms with van der Waals surface area (Å²) in [6.07, 6.45) is 5.60. The average Bonchev–Trinajstić information content (AvgIpc) is 2.03. The van der Waals surface area contributed by atoms with E-state index in [0.29, 0.717) is 0 Å². The Labute approximate surface area is 82.5 Å². The van der Waals surface area contributed by atoms with Gasteiger partial charge in [-0.3, -0.25) is 0 Å². The third-order valence-electron chi connectivity index (χ3n) is 2.32. The third-order valence-corrected chi connectivity index (χ3v) is 3.91. The van der Waals surface area contributed by atoms with Gasteiger partial charge in [0.15, 0.2) is 0 Å². The Morgan fingerprint density at radius 2 is 1.67 bits per heavy atom. The van der Waals surface area contributed by atoms with Crippen LogP contribution in [0.25, 0.3) is 0 Å². The van der Waals surface area contributed by atoms with E-state index < -0.39 is 0 Å². The smallest absolute Gasteiger partial charge is 0.00417 e. The van der Waals surface area contributed by atoms with Crippen LogP contribution in [-0.4, -0.2) is 11.0 Å². The van der Waals surface area contributed by atoms with Crippen molar-refractivity contribution in [2.75, 3.05) is 5.75 Å². The van der Waals surface area contributed by atoms with Crippen molar-refractivity contribution < 1.29 is 0 Å². The molecule has 0 spiro atoms. The summed E-state index contributed by atoms with van der Waals surface area (Å²) in [7, 11) is 0. The van der Waals surface area contributed by atoms with Gasteiger partial charge in [-0.05, 0) is 18.1 Å². The summed E-state index contributed by atoms with van der Waals surface area (Å²) in [6, 6.07) is 0. The molecule has 0 amide bonds. The van der Waals surface area contributed by atoms with Crippen LogP contribution in [0.4, 0.5) is 0 Å². The summed E-state index contributed by atoms with van der Waals surface area (Å²) in [4.78, 5) is 0. The van der Waals surface area contributed by atoms with Gasteiger partial charge in [0.2, 0.25) is 0 Å². The van der Waals surface area contributed by atoms with Crippen molar-refractivity contribution in [2.45, 2.75) is 58.6 Å². The predicted octanol–water partition coefficient (Wildman–Crippen LogP) is 4.34. The van der Waals surface area contributed by atoms with Crippen LogP contribution < -0.4 is 0 Å². The van der Waals surface area contributed by atoms with E-state index in [2.05, 4.69) is 39.5 Å². The largest absolute Gasteiger partial charge is 0.159 e. The maximum atomic E-state index is 2.34. The first-order chi connectivity index (χ1) is 5.68. The second-order valence-electron chi connectivity index (χ2n) is 3.88. The quantitative estimate of drug-likeness (QED) is 0.535.